The maximum atomic E-state index is 11.7. The fraction of sp³-hybridized carbons (Fsp3) is 0.667. The normalized spacial score (nSPS) is 22.0. The molecule has 1 amide bonds. The summed E-state index contributed by atoms with van der Waals surface area (Å²) in [7, 11) is 0. The summed E-state index contributed by atoms with van der Waals surface area (Å²) < 4.78 is 11.0. The van der Waals surface area contributed by atoms with Crippen molar-refractivity contribution in [3.63, 3.8) is 0 Å². The van der Waals surface area contributed by atoms with Crippen molar-refractivity contribution in [3.05, 3.63) is 17.4 Å². The van der Waals surface area contributed by atoms with Crippen molar-refractivity contribution in [2.24, 2.45) is 0 Å². The number of hydrogen-bond donors (Lipinski definition) is 1. The maximum absolute atomic E-state index is 11.7. The van der Waals surface area contributed by atoms with Gasteiger partial charge in [0.15, 0.2) is 0 Å². The quantitative estimate of drug-likeness (QED) is 0.862. The molecule has 22 heavy (non-hydrogen) atoms. The van der Waals surface area contributed by atoms with Gasteiger partial charge in [-0.2, -0.15) is 4.98 Å². The Bertz CT molecular complexity index is 511. The molecule has 0 bridgehead atoms. The Labute approximate surface area is 135 Å². The molecule has 1 N–H and O–H groups in total. The molecule has 122 valence electrons. The first kappa shape index (κ1) is 16.8. The highest BCUT2D eigenvalue weighted by atomic mass is 35.5. The summed E-state index contributed by atoms with van der Waals surface area (Å²) in [5, 5.41) is 3.27. The van der Waals surface area contributed by atoms with Gasteiger partial charge in [0, 0.05) is 12.2 Å². The third-order valence-corrected chi connectivity index (χ3v) is 3.48. The molecule has 0 spiro atoms. The zero-order valence-electron chi connectivity index (χ0n) is 13.1. The second kappa shape index (κ2) is 7.13. The molecule has 1 aliphatic rings. The van der Waals surface area contributed by atoms with Gasteiger partial charge in [-0.05, 0) is 52.5 Å². The minimum absolute atomic E-state index is 0.0511. The van der Waals surface area contributed by atoms with E-state index in [2.05, 4.69) is 15.3 Å². The van der Waals surface area contributed by atoms with Gasteiger partial charge < -0.3 is 14.8 Å². The van der Waals surface area contributed by atoms with Crippen LogP contribution in [-0.2, 0) is 4.74 Å². The molecule has 2 rings (SSSR count). The summed E-state index contributed by atoms with van der Waals surface area (Å²) in [6, 6.07) is 2.03. The number of hydrogen-bond acceptors (Lipinski definition) is 5. The summed E-state index contributed by atoms with van der Waals surface area (Å²) in [6.45, 7) is 5.55. The minimum Gasteiger partial charge on any atom is -0.460 e. The van der Waals surface area contributed by atoms with E-state index in [0.717, 1.165) is 25.7 Å². The van der Waals surface area contributed by atoms with Crippen molar-refractivity contribution < 1.29 is 14.3 Å². The van der Waals surface area contributed by atoms with E-state index < -0.39 is 5.60 Å². The van der Waals surface area contributed by atoms with Gasteiger partial charge in [0.2, 0.25) is 0 Å². The van der Waals surface area contributed by atoms with E-state index in [-0.39, 0.29) is 18.2 Å². The van der Waals surface area contributed by atoms with Crippen molar-refractivity contribution in [1.82, 2.24) is 15.3 Å². The fourth-order valence-corrected chi connectivity index (χ4v) is 2.45. The van der Waals surface area contributed by atoms with Gasteiger partial charge >= 0.3 is 12.1 Å². The monoisotopic (exact) mass is 327 g/mol. The first-order valence-corrected chi connectivity index (χ1v) is 7.84. The molecule has 1 aromatic heterocycles. The number of alkyl carbamates (subject to hydrolysis) is 1. The molecular weight excluding hydrogens is 306 g/mol. The van der Waals surface area contributed by atoms with Crippen LogP contribution in [-0.4, -0.2) is 33.8 Å². The molecule has 1 heterocycles. The van der Waals surface area contributed by atoms with E-state index >= 15 is 0 Å². The van der Waals surface area contributed by atoms with Crippen LogP contribution in [0.25, 0.3) is 0 Å². The summed E-state index contributed by atoms with van der Waals surface area (Å²) in [6.07, 6.45) is 4.59. The standard InChI is InChI=1S/C15H22ClN3O3/c1-15(2,3)22-14(20)18-10-4-6-11(7-5-10)21-13-17-9-8-12(16)19-13/h8-11H,4-7H2,1-3H3,(H,18,20). The first-order valence-electron chi connectivity index (χ1n) is 7.46. The second-order valence-corrected chi connectivity index (χ2v) is 6.79. The molecule has 0 radical (unpaired) electrons. The van der Waals surface area contributed by atoms with Crippen molar-refractivity contribution in [2.75, 3.05) is 0 Å². The number of ether oxygens (including phenoxy) is 2. The predicted molar refractivity (Wildman–Crippen MR) is 83.1 cm³/mol. The summed E-state index contributed by atoms with van der Waals surface area (Å²) in [5.41, 5.74) is -0.478. The lowest BCUT2D eigenvalue weighted by Crippen LogP contribution is -2.42. The lowest BCUT2D eigenvalue weighted by Gasteiger charge is -2.29. The van der Waals surface area contributed by atoms with Gasteiger partial charge in [-0.3, -0.25) is 0 Å². The molecule has 0 saturated heterocycles. The molecule has 1 aromatic rings. The van der Waals surface area contributed by atoms with E-state index in [1.165, 1.54) is 0 Å². The molecular formula is C15H22ClN3O3. The summed E-state index contributed by atoms with van der Waals surface area (Å²) in [5.74, 6) is 0. The second-order valence-electron chi connectivity index (χ2n) is 6.40. The molecule has 0 aliphatic heterocycles. The number of carbonyl (C=O) groups is 1. The topological polar surface area (TPSA) is 73.3 Å². The lowest BCUT2D eigenvalue weighted by atomic mass is 9.93. The van der Waals surface area contributed by atoms with Crippen LogP contribution in [0, 0.1) is 0 Å². The van der Waals surface area contributed by atoms with Gasteiger partial charge in [0.05, 0.1) is 0 Å². The van der Waals surface area contributed by atoms with E-state index in [9.17, 15) is 4.79 Å². The molecule has 0 unspecified atom stereocenters. The third kappa shape index (κ3) is 5.67. The predicted octanol–water partition coefficient (Wildman–Crippen LogP) is 3.34. The highest BCUT2D eigenvalue weighted by Gasteiger charge is 2.26. The Morgan fingerprint density at radius 2 is 2.00 bits per heavy atom. The Hall–Kier alpha value is -1.56. The van der Waals surface area contributed by atoms with Crippen LogP contribution < -0.4 is 10.1 Å². The smallest absolute Gasteiger partial charge is 0.407 e. The summed E-state index contributed by atoms with van der Waals surface area (Å²) in [4.78, 5) is 19.8. The number of halogens is 1. The van der Waals surface area contributed by atoms with Crippen molar-refractivity contribution >= 4 is 17.7 Å². The van der Waals surface area contributed by atoms with Gasteiger partial charge in [0.1, 0.15) is 16.9 Å². The Morgan fingerprint density at radius 3 is 2.59 bits per heavy atom. The van der Waals surface area contributed by atoms with Crippen LogP contribution >= 0.6 is 11.6 Å². The number of amides is 1. The van der Waals surface area contributed by atoms with E-state index in [0.29, 0.717) is 11.2 Å². The molecule has 1 saturated carbocycles. The molecule has 0 aromatic carbocycles. The van der Waals surface area contributed by atoms with Gasteiger partial charge in [-0.15, -0.1) is 0 Å². The number of nitrogens with zero attached hydrogens (tertiary/aromatic N) is 2. The van der Waals surface area contributed by atoms with Crippen molar-refractivity contribution in [1.29, 1.82) is 0 Å². The molecule has 7 heteroatoms. The molecule has 0 atom stereocenters. The molecule has 6 nitrogen and oxygen atoms in total. The van der Waals surface area contributed by atoms with Crippen LogP contribution in [0.4, 0.5) is 4.79 Å². The van der Waals surface area contributed by atoms with Crippen LogP contribution in [0.5, 0.6) is 6.01 Å². The van der Waals surface area contributed by atoms with Gasteiger partial charge in [-0.1, -0.05) is 11.6 Å². The van der Waals surface area contributed by atoms with Crippen molar-refractivity contribution in [2.45, 2.75) is 64.2 Å². The molecule has 1 fully saturated rings. The zero-order chi connectivity index (χ0) is 16.2. The Kier molecular flexibility index (Phi) is 5.45. The van der Waals surface area contributed by atoms with Crippen LogP contribution in [0.15, 0.2) is 12.3 Å². The maximum Gasteiger partial charge on any atom is 0.407 e. The van der Waals surface area contributed by atoms with Crippen LogP contribution in [0.1, 0.15) is 46.5 Å². The number of rotatable bonds is 3. The highest BCUT2D eigenvalue weighted by molar-refractivity contribution is 6.29. The van der Waals surface area contributed by atoms with Gasteiger partial charge in [-0.25, -0.2) is 9.78 Å². The van der Waals surface area contributed by atoms with Gasteiger partial charge in [0.25, 0.3) is 0 Å². The van der Waals surface area contributed by atoms with E-state index in [1.807, 2.05) is 20.8 Å². The van der Waals surface area contributed by atoms with E-state index in [1.54, 1.807) is 12.3 Å². The first-order chi connectivity index (χ1) is 10.3. The van der Waals surface area contributed by atoms with Crippen LogP contribution in [0.2, 0.25) is 5.15 Å². The third-order valence-electron chi connectivity index (χ3n) is 3.27. The van der Waals surface area contributed by atoms with Crippen LogP contribution in [0.3, 0.4) is 0 Å². The average molecular weight is 328 g/mol. The Balaban J connectivity index is 1.75. The SMILES string of the molecule is CC(C)(C)OC(=O)NC1CCC(Oc2nccc(Cl)n2)CC1. The fourth-order valence-electron chi connectivity index (χ4n) is 2.33. The number of carbonyl (C=O) groups excluding carboxylic acids is 1. The Morgan fingerprint density at radius 1 is 1.32 bits per heavy atom. The molecule has 1 aliphatic carbocycles. The van der Waals surface area contributed by atoms with E-state index in [4.69, 9.17) is 21.1 Å². The summed E-state index contributed by atoms with van der Waals surface area (Å²) >= 11 is 5.80. The average Bonchev–Trinajstić information content (AvgIpc) is 2.39. The zero-order valence-corrected chi connectivity index (χ0v) is 13.9. The largest absolute Gasteiger partial charge is 0.460 e. The number of aromatic nitrogens is 2. The lowest BCUT2D eigenvalue weighted by molar-refractivity contribution is 0.0467. The van der Waals surface area contributed by atoms with Crippen molar-refractivity contribution in [3.8, 4) is 6.01 Å². The number of nitrogens with one attached hydrogen (secondary N) is 1. The minimum atomic E-state index is -0.478. The highest BCUT2D eigenvalue weighted by Crippen LogP contribution is 2.23.